The Balaban J connectivity index is 0.00000361. The minimum Gasteiger partial charge on any atom is -0.336 e. The highest BCUT2D eigenvalue weighted by Crippen LogP contribution is 2.36. The van der Waals surface area contributed by atoms with E-state index in [4.69, 9.17) is 0 Å². The summed E-state index contributed by atoms with van der Waals surface area (Å²) in [5.74, 6) is 0.180. The maximum absolute atomic E-state index is 13.5. The van der Waals surface area contributed by atoms with Gasteiger partial charge in [0.2, 0.25) is 0 Å². The molecule has 1 atom stereocenters. The fraction of sp³-hybridized carbons (Fsp3) is 0.519. The number of hydrogen-bond donors (Lipinski definition) is 2. The lowest BCUT2D eigenvalue weighted by Gasteiger charge is -2.39. The van der Waals surface area contributed by atoms with E-state index < -0.39 is 0 Å². The minimum absolute atomic E-state index is 0. The van der Waals surface area contributed by atoms with Gasteiger partial charge in [0, 0.05) is 31.9 Å². The van der Waals surface area contributed by atoms with Crippen LogP contribution in [-0.4, -0.2) is 72.0 Å². The number of para-hydroxylation sites is 1. The average molecular weight is 515 g/mol. The minimum atomic E-state index is -0.277. The van der Waals surface area contributed by atoms with Gasteiger partial charge in [0.05, 0.1) is 16.9 Å². The van der Waals surface area contributed by atoms with Crippen LogP contribution in [0.15, 0.2) is 42.6 Å². The van der Waals surface area contributed by atoms with E-state index in [0.717, 1.165) is 32.7 Å². The molecular weight excluding hydrogens is 476 g/mol. The molecule has 0 radical (unpaired) electrons. The van der Waals surface area contributed by atoms with Crippen LogP contribution in [0.3, 0.4) is 0 Å². The predicted octanol–water partition coefficient (Wildman–Crippen LogP) is 4.89. The van der Waals surface area contributed by atoms with Crippen molar-refractivity contribution in [1.29, 1.82) is 0 Å². The second-order valence-electron chi connectivity index (χ2n) is 9.40. The third-order valence-corrected chi connectivity index (χ3v) is 6.81. The van der Waals surface area contributed by atoms with E-state index in [2.05, 4.69) is 39.3 Å². The van der Waals surface area contributed by atoms with E-state index >= 15 is 0 Å². The van der Waals surface area contributed by atoms with E-state index in [1.165, 1.54) is 37.0 Å². The Morgan fingerprint density at radius 3 is 2.69 bits per heavy atom. The van der Waals surface area contributed by atoms with Crippen LogP contribution in [0.2, 0.25) is 0 Å². The number of aromatic nitrogens is 1. The molecule has 9 heteroatoms. The Hall–Kier alpha value is -2.68. The number of anilines is 3. The Kier molecular flexibility index (Phi) is 10.5. The van der Waals surface area contributed by atoms with Crippen molar-refractivity contribution in [2.75, 3.05) is 49.5 Å². The zero-order valence-electron chi connectivity index (χ0n) is 21.4. The number of piperidine rings is 1. The number of benzene rings is 1. The molecule has 0 spiro atoms. The number of urea groups is 1. The number of halogens is 1. The summed E-state index contributed by atoms with van der Waals surface area (Å²) in [7, 11) is 0. The molecule has 4 rings (SSSR count). The summed E-state index contributed by atoms with van der Waals surface area (Å²) >= 11 is 0. The molecule has 196 valence electrons. The maximum Gasteiger partial charge on any atom is 0.327 e. The molecule has 2 aliphatic heterocycles. The number of hydrogen-bond acceptors (Lipinski definition) is 5. The topological polar surface area (TPSA) is 80.8 Å². The molecule has 1 fully saturated rings. The van der Waals surface area contributed by atoms with E-state index in [1.807, 2.05) is 6.07 Å². The summed E-state index contributed by atoms with van der Waals surface area (Å²) in [6.07, 6.45) is 7.67. The SMILES string of the molecule is CCCN(CCC)CC1CCCCN1CCNC(=O)N1c2ccccc2C(=O)Nc2cccnc21.Cl. The molecule has 8 nitrogen and oxygen atoms in total. The largest absolute Gasteiger partial charge is 0.336 e. The molecule has 0 bridgehead atoms. The number of likely N-dealkylation sites (tertiary alicyclic amines) is 1. The van der Waals surface area contributed by atoms with Crippen LogP contribution in [0.5, 0.6) is 0 Å². The van der Waals surface area contributed by atoms with Gasteiger partial charge in [-0.15, -0.1) is 12.4 Å². The van der Waals surface area contributed by atoms with Crippen LogP contribution in [0, 0.1) is 0 Å². The van der Waals surface area contributed by atoms with Crippen LogP contribution in [-0.2, 0) is 0 Å². The van der Waals surface area contributed by atoms with Gasteiger partial charge in [-0.1, -0.05) is 32.4 Å². The first kappa shape index (κ1) is 27.9. The van der Waals surface area contributed by atoms with E-state index in [-0.39, 0.29) is 24.3 Å². The Morgan fingerprint density at radius 2 is 1.92 bits per heavy atom. The molecule has 2 aliphatic rings. The van der Waals surface area contributed by atoms with E-state index in [9.17, 15) is 9.59 Å². The fourth-order valence-corrected chi connectivity index (χ4v) is 5.21. The van der Waals surface area contributed by atoms with Gasteiger partial charge in [-0.2, -0.15) is 0 Å². The van der Waals surface area contributed by atoms with Crippen molar-refractivity contribution in [1.82, 2.24) is 20.1 Å². The molecule has 1 aromatic heterocycles. The van der Waals surface area contributed by atoms with Gasteiger partial charge in [-0.05, 0) is 69.6 Å². The number of rotatable bonds is 9. The highest BCUT2D eigenvalue weighted by molar-refractivity contribution is 6.16. The van der Waals surface area contributed by atoms with E-state index in [0.29, 0.717) is 35.3 Å². The number of amides is 3. The number of pyridine rings is 1. The summed E-state index contributed by atoms with van der Waals surface area (Å²) < 4.78 is 0. The van der Waals surface area contributed by atoms with Gasteiger partial charge in [0.1, 0.15) is 0 Å². The van der Waals surface area contributed by atoms with Crippen molar-refractivity contribution in [3.05, 3.63) is 48.2 Å². The van der Waals surface area contributed by atoms with Gasteiger partial charge >= 0.3 is 6.03 Å². The first-order valence-electron chi connectivity index (χ1n) is 13.0. The van der Waals surface area contributed by atoms with Crippen molar-refractivity contribution in [3.63, 3.8) is 0 Å². The predicted molar refractivity (Wildman–Crippen MR) is 148 cm³/mol. The standard InChI is InChI=1S/C27H38N6O2.ClH/c1-3-16-31(17-4-2)20-21-10-7-8-18-32(21)19-15-29-27(35)33-24-13-6-5-11-22(24)26(34)30-23-12-9-14-28-25(23)33;/h5-6,9,11-14,21H,3-4,7-8,10,15-20H2,1-2H3,(H,29,35)(H,30,34);1H. The molecule has 2 N–H and O–H groups in total. The zero-order chi connectivity index (χ0) is 24.6. The molecule has 1 saturated heterocycles. The zero-order valence-corrected chi connectivity index (χ0v) is 22.2. The van der Waals surface area contributed by atoms with Crippen molar-refractivity contribution in [2.45, 2.75) is 52.0 Å². The molecule has 0 aliphatic carbocycles. The number of nitrogens with zero attached hydrogens (tertiary/aromatic N) is 4. The van der Waals surface area contributed by atoms with Crippen molar-refractivity contribution >= 4 is 41.5 Å². The van der Waals surface area contributed by atoms with Gasteiger partial charge in [0.25, 0.3) is 5.91 Å². The third kappa shape index (κ3) is 6.55. The molecule has 3 heterocycles. The monoisotopic (exact) mass is 514 g/mol. The molecule has 3 amide bonds. The van der Waals surface area contributed by atoms with Crippen molar-refractivity contribution in [3.8, 4) is 0 Å². The van der Waals surface area contributed by atoms with Crippen LogP contribution in [0.4, 0.5) is 22.0 Å². The Bertz CT molecular complexity index is 1010. The molecular formula is C27H39ClN6O2. The fourth-order valence-electron chi connectivity index (χ4n) is 5.21. The second-order valence-corrected chi connectivity index (χ2v) is 9.40. The smallest absolute Gasteiger partial charge is 0.327 e. The molecule has 2 aromatic rings. The van der Waals surface area contributed by atoms with Crippen LogP contribution < -0.4 is 15.5 Å². The van der Waals surface area contributed by atoms with Gasteiger partial charge in [-0.3, -0.25) is 9.69 Å². The summed E-state index contributed by atoms with van der Waals surface area (Å²) in [5, 5.41) is 5.98. The molecule has 1 unspecified atom stereocenters. The lowest BCUT2D eigenvalue weighted by atomic mass is 10.0. The summed E-state index contributed by atoms with van der Waals surface area (Å²) in [5.41, 5.74) is 1.50. The maximum atomic E-state index is 13.5. The van der Waals surface area contributed by atoms with Gasteiger partial charge in [0.15, 0.2) is 5.82 Å². The van der Waals surface area contributed by atoms with Gasteiger partial charge in [-0.25, -0.2) is 14.7 Å². The van der Waals surface area contributed by atoms with Crippen molar-refractivity contribution < 1.29 is 9.59 Å². The van der Waals surface area contributed by atoms with Gasteiger partial charge < -0.3 is 15.5 Å². The Labute approximate surface area is 220 Å². The third-order valence-electron chi connectivity index (χ3n) is 6.81. The number of carbonyl (C=O) groups is 2. The average Bonchev–Trinajstić information content (AvgIpc) is 2.99. The number of fused-ring (bicyclic) bond motifs is 2. The lowest BCUT2D eigenvalue weighted by Crippen LogP contribution is -2.50. The molecule has 0 saturated carbocycles. The highest BCUT2D eigenvalue weighted by Gasteiger charge is 2.30. The normalized spacial score (nSPS) is 17.5. The first-order chi connectivity index (χ1) is 17.1. The van der Waals surface area contributed by atoms with E-state index in [1.54, 1.807) is 36.5 Å². The second kappa shape index (κ2) is 13.6. The molecule has 36 heavy (non-hydrogen) atoms. The quantitative estimate of drug-likeness (QED) is 0.498. The molecule has 1 aromatic carbocycles. The lowest BCUT2D eigenvalue weighted by molar-refractivity contribution is 0.102. The van der Waals surface area contributed by atoms with Crippen LogP contribution in [0.1, 0.15) is 56.3 Å². The number of carbonyl (C=O) groups excluding carboxylic acids is 2. The highest BCUT2D eigenvalue weighted by atomic mass is 35.5. The summed E-state index contributed by atoms with van der Waals surface area (Å²) in [6.45, 7) is 10.3. The summed E-state index contributed by atoms with van der Waals surface area (Å²) in [4.78, 5) is 37.3. The van der Waals surface area contributed by atoms with Crippen molar-refractivity contribution in [2.24, 2.45) is 0 Å². The van der Waals surface area contributed by atoms with Crippen LogP contribution >= 0.6 is 12.4 Å². The van der Waals surface area contributed by atoms with Crippen LogP contribution in [0.25, 0.3) is 0 Å². The Morgan fingerprint density at radius 1 is 1.14 bits per heavy atom. The first-order valence-corrected chi connectivity index (χ1v) is 13.0. The number of nitrogens with one attached hydrogen (secondary N) is 2. The summed E-state index contributed by atoms with van der Waals surface area (Å²) in [6, 6.07) is 10.9.